The van der Waals surface area contributed by atoms with Crippen LogP contribution in [0.4, 0.5) is 25.8 Å². The number of amides is 1. The molecule has 1 atom stereocenters. The Labute approximate surface area is 213 Å². The van der Waals surface area contributed by atoms with Gasteiger partial charge in [0.1, 0.15) is 0 Å². The van der Waals surface area contributed by atoms with Crippen molar-refractivity contribution in [2.45, 2.75) is 39.2 Å². The van der Waals surface area contributed by atoms with Gasteiger partial charge in [-0.15, -0.1) is 0 Å². The fraction of sp³-hybridized carbons (Fsp3) is 0.333. The highest BCUT2D eigenvalue weighted by molar-refractivity contribution is 6.00. The maximum atomic E-state index is 14.0. The maximum absolute atomic E-state index is 14.0. The number of ketones is 1. The number of hydrogen-bond donors (Lipinski definition) is 3. The zero-order valence-corrected chi connectivity index (χ0v) is 20.7. The third kappa shape index (κ3) is 6.08. The Morgan fingerprint density at radius 1 is 1.19 bits per heavy atom. The predicted molar refractivity (Wildman–Crippen MR) is 136 cm³/mol. The Hall–Kier alpha value is -3.92. The summed E-state index contributed by atoms with van der Waals surface area (Å²) >= 11 is 0. The van der Waals surface area contributed by atoms with Crippen LogP contribution in [0.5, 0.6) is 0 Å². The Morgan fingerprint density at radius 3 is 2.65 bits per heavy atom. The predicted octanol–water partition coefficient (Wildman–Crippen LogP) is 4.52. The summed E-state index contributed by atoms with van der Waals surface area (Å²) in [6.45, 7) is 3.34. The van der Waals surface area contributed by atoms with Gasteiger partial charge in [0.25, 0.3) is 5.92 Å². The van der Waals surface area contributed by atoms with Gasteiger partial charge in [-0.3, -0.25) is 19.6 Å². The van der Waals surface area contributed by atoms with Gasteiger partial charge in [0, 0.05) is 49.2 Å². The van der Waals surface area contributed by atoms with Gasteiger partial charge >= 0.3 is 0 Å². The largest absolute Gasteiger partial charge is 0.397 e. The zero-order valence-electron chi connectivity index (χ0n) is 20.7. The lowest BCUT2D eigenvalue weighted by Gasteiger charge is -2.25. The Kier molecular flexibility index (Phi) is 7.49. The molecular formula is C27H29F2N5O3. The lowest BCUT2D eigenvalue weighted by Crippen LogP contribution is -2.43. The molecule has 1 aliphatic rings. The standard InChI is InChI=1S/C27H29F2N5O3/c1-17-9-20(34-22-6-4-3-5-21(22)26(2,28)29)14-32-23(17)15-33-25(36)27(7-8-37-16-27)11-24(35)18-10-19(30)13-31-12-18/h3-6,9-10,12-14,34H,7-8,11,15-16,30H2,1-2H3,(H,33,36)/t27-/m0/s1. The van der Waals surface area contributed by atoms with Crippen LogP contribution in [-0.4, -0.2) is 34.9 Å². The van der Waals surface area contributed by atoms with E-state index in [1.807, 2.05) is 6.92 Å². The van der Waals surface area contributed by atoms with E-state index in [2.05, 4.69) is 20.6 Å². The smallest absolute Gasteiger partial charge is 0.272 e. The summed E-state index contributed by atoms with van der Waals surface area (Å²) in [5, 5.41) is 5.90. The molecule has 4 N–H and O–H groups in total. The summed E-state index contributed by atoms with van der Waals surface area (Å²) in [4.78, 5) is 34.5. The molecule has 0 saturated carbocycles. The van der Waals surface area contributed by atoms with E-state index >= 15 is 0 Å². The van der Waals surface area contributed by atoms with E-state index in [0.29, 0.717) is 41.3 Å². The molecule has 1 fully saturated rings. The summed E-state index contributed by atoms with van der Waals surface area (Å²) in [5.74, 6) is -3.53. The van der Waals surface area contributed by atoms with Gasteiger partial charge in [0.15, 0.2) is 5.78 Å². The van der Waals surface area contributed by atoms with Crippen molar-refractivity contribution in [2.75, 3.05) is 24.3 Å². The number of benzene rings is 1. The number of carbonyl (C=O) groups is 2. The average molecular weight is 510 g/mol. The van der Waals surface area contributed by atoms with Crippen molar-refractivity contribution in [1.29, 1.82) is 0 Å². The van der Waals surface area contributed by atoms with Crippen LogP contribution in [0.1, 0.15) is 46.9 Å². The number of aryl methyl sites for hydroxylation is 1. The van der Waals surface area contributed by atoms with Crippen molar-refractivity contribution < 1.29 is 23.1 Å². The van der Waals surface area contributed by atoms with Crippen molar-refractivity contribution >= 4 is 28.8 Å². The van der Waals surface area contributed by atoms with Gasteiger partial charge in [-0.1, -0.05) is 18.2 Å². The molecule has 0 unspecified atom stereocenters. The van der Waals surface area contributed by atoms with Crippen LogP contribution < -0.4 is 16.4 Å². The molecule has 194 valence electrons. The van der Waals surface area contributed by atoms with Crippen LogP contribution in [0.3, 0.4) is 0 Å². The second-order valence-electron chi connectivity index (χ2n) is 9.42. The first kappa shape index (κ1) is 26.2. The fourth-order valence-corrected chi connectivity index (χ4v) is 4.36. The lowest BCUT2D eigenvalue weighted by molar-refractivity contribution is -0.131. The van der Waals surface area contributed by atoms with Gasteiger partial charge < -0.3 is 21.1 Å². The quantitative estimate of drug-likeness (QED) is 0.363. The molecule has 37 heavy (non-hydrogen) atoms. The molecule has 1 saturated heterocycles. The maximum Gasteiger partial charge on any atom is 0.272 e. The van der Waals surface area contributed by atoms with Crippen molar-refractivity contribution in [3.8, 4) is 0 Å². The van der Waals surface area contributed by atoms with Gasteiger partial charge in [0.05, 0.1) is 41.8 Å². The number of para-hydroxylation sites is 1. The molecule has 1 aromatic carbocycles. The van der Waals surface area contributed by atoms with Gasteiger partial charge in [-0.05, 0) is 37.1 Å². The molecule has 0 spiro atoms. The number of Topliss-reactive ketones (excluding diaryl/α,β-unsaturated/α-hetero) is 1. The first-order valence-corrected chi connectivity index (χ1v) is 11.9. The normalized spacial score (nSPS) is 17.4. The van der Waals surface area contributed by atoms with Crippen molar-refractivity contribution in [3.05, 3.63) is 77.4 Å². The van der Waals surface area contributed by atoms with Crippen molar-refractivity contribution in [1.82, 2.24) is 15.3 Å². The number of rotatable bonds is 9. The highest BCUT2D eigenvalue weighted by atomic mass is 19.3. The molecule has 0 aliphatic carbocycles. The van der Waals surface area contributed by atoms with Crippen LogP contribution in [-0.2, 0) is 22.0 Å². The van der Waals surface area contributed by atoms with Gasteiger partial charge in [-0.25, -0.2) is 8.78 Å². The minimum atomic E-state index is -3.00. The van der Waals surface area contributed by atoms with E-state index in [1.165, 1.54) is 24.7 Å². The number of nitrogens with one attached hydrogen (secondary N) is 2. The Bertz CT molecular complexity index is 1300. The number of pyridine rings is 2. The summed E-state index contributed by atoms with van der Waals surface area (Å²) in [6, 6.07) is 9.53. The molecule has 3 heterocycles. The van der Waals surface area contributed by atoms with Gasteiger partial charge in [0.2, 0.25) is 5.91 Å². The summed E-state index contributed by atoms with van der Waals surface area (Å²) in [5.41, 5.74) is 7.58. The van der Waals surface area contributed by atoms with Crippen LogP contribution >= 0.6 is 0 Å². The Balaban J connectivity index is 1.43. The average Bonchev–Trinajstić information content (AvgIpc) is 3.33. The fourth-order valence-electron chi connectivity index (χ4n) is 4.36. The van der Waals surface area contributed by atoms with E-state index in [9.17, 15) is 18.4 Å². The SMILES string of the molecule is Cc1cc(Nc2ccccc2C(C)(F)F)cnc1CNC(=O)[C@]1(CC(=O)c2cncc(N)c2)CCOC1. The number of hydrogen-bond acceptors (Lipinski definition) is 7. The number of nitrogens with two attached hydrogens (primary N) is 1. The monoisotopic (exact) mass is 509 g/mol. The highest BCUT2D eigenvalue weighted by Crippen LogP contribution is 2.35. The number of aromatic nitrogens is 2. The summed E-state index contributed by atoms with van der Waals surface area (Å²) in [7, 11) is 0. The highest BCUT2D eigenvalue weighted by Gasteiger charge is 2.44. The number of carbonyl (C=O) groups excluding carboxylic acids is 2. The van der Waals surface area contributed by atoms with E-state index in [-0.39, 0.29) is 36.8 Å². The van der Waals surface area contributed by atoms with Crippen LogP contribution in [0.25, 0.3) is 0 Å². The molecule has 3 aromatic rings. The third-order valence-electron chi connectivity index (χ3n) is 6.45. The van der Waals surface area contributed by atoms with E-state index in [4.69, 9.17) is 10.5 Å². The van der Waals surface area contributed by atoms with Crippen LogP contribution in [0, 0.1) is 12.3 Å². The van der Waals surface area contributed by atoms with E-state index in [1.54, 1.807) is 30.3 Å². The molecule has 10 heteroatoms. The summed E-state index contributed by atoms with van der Waals surface area (Å²) < 4.78 is 33.4. The van der Waals surface area contributed by atoms with Crippen LogP contribution in [0.15, 0.2) is 55.0 Å². The van der Waals surface area contributed by atoms with Crippen molar-refractivity contribution in [3.63, 3.8) is 0 Å². The number of nitrogen functional groups attached to an aromatic ring is 1. The third-order valence-corrected chi connectivity index (χ3v) is 6.45. The molecule has 4 rings (SSSR count). The lowest BCUT2D eigenvalue weighted by atomic mass is 9.80. The minimum Gasteiger partial charge on any atom is -0.397 e. The number of alkyl halides is 2. The zero-order chi connectivity index (χ0) is 26.6. The molecule has 1 aliphatic heterocycles. The molecule has 2 aromatic heterocycles. The molecule has 0 bridgehead atoms. The number of halogens is 2. The summed E-state index contributed by atoms with van der Waals surface area (Å²) in [6.07, 6.45) is 4.80. The second-order valence-corrected chi connectivity index (χ2v) is 9.42. The number of nitrogens with zero attached hydrogens (tertiary/aromatic N) is 2. The van der Waals surface area contributed by atoms with E-state index in [0.717, 1.165) is 12.5 Å². The first-order valence-electron chi connectivity index (χ1n) is 11.9. The van der Waals surface area contributed by atoms with Crippen molar-refractivity contribution in [2.24, 2.45) is 5.41 Å². The number of anilines is 3. The molecule has 8 nitrogen and oxygen atoms in total. The van der Waals surface area contributed by atoms with Crippen LogP contribution in [0.2, 0.25) is 0 Å². The number of ether oxygens (including phenoxy) is 1. The van der Waals surface area contributed by atoms with E-state index < -0.39 is 11.3 Å². The molecular weight excluding hydrogens is 480 g/mol. The molecule has 0 radical (unpaired) electrons. The molecule has 1 amide bonds. The topological polar surface area (TPSA) is 119 Å². The van der Waals surface area contributed by atoms with Gasteiger partial charge in [-0.2, -0.15) is 0 Å². The second kappa shape index (κ2) is 10.6. The first-order chi connectivity index (χ1) is 17.6. The Morgan fingerprint density at radius 2 is 1.97 bits per heavy atom. The minimum absolute atomic E-state index is 0.0271.